The molecule has 0 N–H and O–H groups in total. The standard InChI is InChI=1S/C9H7N2/c1-7-2-3-9-8(4-7)5-10-6-11-9/h2-5H,1H3. The first kappa shape index (κ1) is 6.28. The van der Waals surface area contributed by atoms with Gasteiger partial charge in [-0.2, -0.15) is 0 Å². The Morgan fingerprint density at radius 3 is 3.18 bits per heavy atom. The van der Waals surface area contributed by atoms with Gasteiger partial charge < -0.3 is 0 Å². The van der Waals surface area contributed by atoms with Gasteiger partial charge in [0.2, 0.25) is 0 Å². The third-order valence-corrected chi connectivity index (χ3v) is 1.61. The van der Waals surface area contributed by atoms with Crippen molar-refractivity contribution in [3.8, 4) is 0 Å². The van der Waals surface area contributed by atoms with Gasteiger partial charge in [-0.15, -0.1) is 0 Å². The first-order valence-electron chi connectivity index (χ1n) is 3.46. The van der Waals surface area contributed by atoms with E-state index in [1.165, 1.54) is 5.56 Å². The van der Waals surface area contributed by atoms with E-state index in [0.717, 1.165) is 10.9 Å². The molecule has 2 heteroatoms. The van der Waals surface area contributed by atoms with Gasteiger partial charge in [0.15, 0.2) is 6.33 Å². The van der Waals surface area contributed by atoms with Gasteiger partial charge in [0.1, 0.15) is 0 Å². The molecular formula is C9H7N2. The summed E-state index contributed by atoms with van der Waals surface area (Å²) in [6, 6.07) is 6.06. The topological polar surface area (TPSA) is 25.8 Å². The summed E-state index contributed by atoms with van der Waals surface area (Å²) in [5.41, 5.74) is 2.18. The molecule has 1 heterocycles. The van der Waals surface area contributed by atoms with Crippen LogP contribution in [0.25, 0.3) is 10.9 Å². The third kappa shape index (κ3) is 1.07. The molecule has 0 atom stereocenters. The molecule has 0 saturated heterocycles. The molecule has 0 amide bonds. The maximum absolute atomic E-state index is 3.99. The van der Waals surface area contributed by atoms with Gasteiger partial charge >= 0.3 is 0 Å². The van der Waals surface area contributed by atoms with Crippen molar-refractivity contribution in [1.29, 1.82) is 0 Å². The fraction of sp³-hybridized carbons (Fsp3) is 0.111. The Hall–Kier alpha value is -1.44. The smallest absolute Gasteiger partial charge is 0.198 e. The van der Waals surface area contributed by atoms with Crippen molar-refractivity contribution in [2.45, 2.75) is 6.92 Å². The Balaban J connectivity index is 2.83. The van der Waals surface area contributed by atoms with Crippen molar-refractivity contribution < 1.29 is 0 Å². The second kappa shape index (κ2) is 2.31. The Labute approximate surface area is 64.9 Å². The highest BCUT2D eigenvalue weighted by atomic mass is 14.8. The average Bonchev–Trinajstić information content (AvgIpc) is 2.04. The van der Waals surface area contributed by atoms with E-state index in [1.807, 2.05) is 12.1 Å². The molecule has 0 fully saturated rings. The van der Waals surface area contributed by atoms with E-state index in [0.29, 0.717) is 0 Å². The first-order valence-corrected chi connectivity index (χ1v) is 3.46. The van der Waals surface area contributed by atoms with E-state index in [1.54, 1.807) is 6.20 Å². The van der Waals surface area contributed by atoms with Crippen LogP contribution in [0.4, 0.5) is 0 Å². The molecular weight excluding hydrogens is 136 g/mol. The van der Waals surface area contributed by atoms with Crippen LogP contribution < -0.4 is 0 Å². The van der Waals surface area contributed by atoms with E-state index in [2.05, 4.69) is 29.3 Å². The van der Waals surface area contributed by atoms with Gasteiger partial charge in [-0.25, -0.2) is 9.97 Å². The Morgan fingerprint density at radius 2 is 2.27 bits per heavy atom. The first-order chi connectivity index (χ1) is 5.36. The van der Waals surface area contributed by atoms with E-state index in [4.69, 9.17) is 0 Å². The molecule has 2 nitrogen and oxygen atoms in total. The quantitative estimate of drug-likeness (QED) is 0.561. The third-order valence-electron chi connectivity index (χ3n) is 1.61. The lowest BCUT2D eigenvalue weighted by molar-refractivity contribution is 1.20. The minimum absolute atomic E-state index is 0.950. The van der Waals surface area contributed by atoms with Crippen LogP contribution in [-0.4, -0.2) is 9.97 Å². The van der Waals surface area contributed by atoms with Gasteiger partial charge in [0, 0.05) is 11.6 Å². The van der Waals surface area contributed by atoms with Crippen molar-refractivity contribution in [1.82, 2.24) is 9.97 Å². The number of hydrogen-bond donors (Lipinski definition) is 0. The summed E-state index contributed by atoms with van der Waals surface area (Å²) in [5, 5.41) is 1.07. The molecule has 53 valence electrons. The predicted molar refractivity (Wildman–Crippen MR) is 43.1 cm³/mol. The van der Waals surface area contributed by atoms with Crippen LogP contribution >= 0.6 is 0 Å². The van der Waals surface area contributed by atoms with Crippen molar-refractivity contribution in [2.75, 3.05) is 0 Å². The zero-order chi connectivity index (χ0) is 7.68. The van der Waals surface area contributed by atoms with Gasteiger partial charge in [-0.3, -0.25) is 0 Å². The van der Waals surface area contributed by atoms with Gasteiger partial charge in [-0.1, -0.05) is 11.6 Å². The summed E-state index contributed by atoms with van der Waals surface area (Å²) in [6.45, 7) is 2.05. The molecule has 1 aromatic heterocycles. The monoisotopic (exact) mass is 143 g/mol. The number of aromatic nitrogens is 2. The Morgan fingerprint density at radius 1 is 1.36 bits per heavy atom. The SMILES string of the molecule is Cc1ccc2n[c]ncc2c1. The molecule has 0 bridgehead atoms. The van der Waals surface area contributed by atoms with Crippen LogP contribution in [0.2, 0.25) is 0 Å². The molecule has 0 spiro atoms. The second-order valence-electron chi connectivity index (χ2n) is 2.53. The molecule has 0 saturated carbocycles. The number of hydrogen-bond acceptors (Lipinski definition) is 2. The number of rotatable bonds is 0. The van der Waals surface area contributed by atoms with Crippen LogP contribution in [0.1, 0.15) is 5.56 Å². The van der Waals surface area contributed by atoms with E-state index < -0.39 is 0 Å². The maximum atomic E-state index is 3.99. The van der Waals surface area contributed by atoms with Crippen molar-refractivity contribution in [2.24, 2.45) is 0 Å². The normalized spacial score (nSPS) is 10.3. The summed E-state index contributed by atoms with van der Waals surface area (Å²) < 4.78 is 0. The summed E-state index contributed by atoms with van der Waals surface area (Å²) in [6.07, 6.45) is 4.33. The Bertz CT molecular complexity index is 382. The van der Waals surface area contributed by atoms with Crippen molar-refractivity contribution >= 4 is 10.9 Å². The van der Waals surface area contributed by atoms with Crippen LogP contribution in [0.5, 0.6) is 0 Å². The van der Waals surface area contributed by atoms with Crippen LogP contribution in [-0.2, 0) is 0 Å². The zero-order valence-electron chi connectivity index (χ0n) is 6.20. The highest BCUT2D eigenvalue weighted by Crippen LogP contribution is 2.10. The molecule has 1 aromatic carbocycles. The molecule has 2 rings (SSSR count). The summed E-state index contributed by atoms with van der Waals surface area (Å²) in [7, 11) is 0. The molecule has 0 unspecified atom stereocenters. The van der Waals surface area contributed by atoms with Crippen molar-refractivity contribution in [3.05, 3.63) is 36.3 Å². The minimum atomic E-state index is 0.950. The van der Waals surface area contributed by atoms with Crippen LogP contribution in [0, 0.1) is 13.3 Å². The number of benzene rings is 1. The highest BCUT2D eigenvalue weighted by Gasteiger charge is 1.92. The van der Waals surface area contributed by atoms with Gasteiger partial charge in [0.05, 0.1) is 5.52 Å². The predicted octanol–water partition coefficient (Wildman–Crippen LogP) is 1.74. The highest BCUT2D eigenvalue weighted by molar-refractivity contribution is 5.77. The fourth-order valence-corrected chi connectivity index (χ4v) is 1.06. The van der Waals surface area contributed by atoms with Gasteiger partial charge in [0.25, 0.3) is 0 Å². The second-order valence-corrected chi connectivity index (χ2v) is 2.53. The molecule has 0 aliphatic rings. The lowest BCUT2D eigenvalue weighted by atomic mass is 10.2. The summed E-state index contributed by atoms with van der Waals surface area (Å²) >= 11 is 0. The summed E-state index contributed by atoms with van der Waals surface area (Å²) in [5.74, 6) is 0. The fourth-order valence-electron chi connectivity index (χ4n) is 1.06. The molecule has 1 radical (unpaired) electrons. The Kier molecular flexibility index (Phi) is 1.32. The number of fused-ring (bicyclic) bond motifs is 1. The van der Waals surface area contributed by atoms with Crippen LogP contribution in [0.3, 0.4) is 0 Å². The lowest BCUT2D eigenvalue weighted by Crippen LogP contribution is -1.81. The number of aryl methyl sites for hydroxylation is 1. The zero-order valence-corrected chi connectivity index (χ0v) is 6.20. The van der Waals surface area contributed by atoms with Crippen molar-refractivity contribution in [3.63, 3.8) is 0 Å². The minimum Gasteiger partial charge on any atom is -0.233 e. The lowest BCUT2D eigenvalue weighted by Gasteiger charge is -1.94. The van der Waals surface area contributed by atoms with E-state index >= 15 is 0 Å². The summed E-state index contributed by atoms with van der Waals surface area (Å²) in [4.78, 5) is 7.80. The van der Waals surface area contributed by atoms with Gasteiger partial charge in [-0.05, 0) is 19.1 Å². The van der Waals surface area contributed by atoms with E-state index in [-0.39, 0.29) is 0 Å². The molecule has 0 aliphatic carbocycles. The average molecular weight is 143 g/mol. The van der Waals surface area contributed by atoms with E-state index in [9.17, 15) is 0 Å². The van der Waals surface area contributed by atoms with Crippen LogP contribution in [0.15, 0.2) is 24.4 Å². The molecule has 2 aromatic rings. The molecule has 0 aliphatic heterocycles. The maximum Gasteiger partial charge on any atom is 0.198 e. The largest absolute Gasteiger partial charge is 0.233 e. The molecule has 11 heavy (non-hydrogen) atoms. The number of nitrogens with zero attached hydrogens (tertiary/aromatic N) is 2.